The summed E-state index contributed by atoms with van der Waals surface area (Å²) in [4.78, 5) is 18.2. The number of hydrogen-bond acceptors (Lipinski definition) is 3. The number of nitrogens with zero attached hydrogens (tertiary/aromatic N) is 5. The maximum Gasteiger partial charge on any atom is 0.224 e. The summed E-state index contributed by atoms with van der Waals surface area (Å²) in [6, 6.07) is 2.02. The van der Waals surface area contributed by atoms with Gasteiger partial charge in [0.15, 0.2) is 0 Å². The molecule has 20 heavy (non-hydrogen) atoms. The van der Waals surface area contributed by atoms with Gasteiger partial charge in [0.25, 0.3) is 0 Å². The van der Waals surface area contributed by atoms with Crippen molar-refractivity contribution in [1.29, 1.82) is 0 Å². The number of amides is 1. The van der Waals surface area contributed by atoms with Gasteiger partial charge in [0, 0.05) is 50.3 Å². The summed E-state index contributed by atoms with van der Waals surface area (Å²) in [5, 5.41) is 4.15. The first-order valence-electron chi connectivity index (χ1n) is 6.93. The molecule has 0 bridgehead atoms. The van der Waals surface area contributed by atoms with E-state index in [1.807, 2.05) is 46.5 Å². The summed E-state index contributed by atoms with van der Waals surface area (Å²) in [5.74, 6) is 0.167. The molecule has 0 aliphatic rings. The zero-order chi connectivity index (χ0) is 14.4. The normalized spacial score (nSPS) is 12.3. The predicted octanol–water partition coefficient (Wildman–Crippen LogP) is 1.58. The van der Waals surface area contributed by atoms with Gasteiger partial charge in [-0.15, -0.1) is 0 Å². The molecular weight excluding hydrogens is 254 g/mol. The Kier molecular flexibility index (Phi) is 4.92. The summed E-state index contributed by atoms with van der Waals surface area (Å²) in [7, 11) is 0. The van der Waals surface area contributed by atoms with Crippen LogP contribution < -0.4 is 0 Å². The van der Waals surface area contributed by atoms with Gasteiger partial charge in [-0.25, -0.2) is 4.98 Å². The third kappa shape index (κ3) is 3.69. The smallest absolute Gasteiger partial charge is 0.224 e. The molecule has 0 spiro atoms. The topological polar surface area (TPSA) is 56.0 Å². The van der Waals surface area contributed by atoms with Crippen LogP contribution in [-0.4, -0.2) is 43.2 Å². The number of hydrogen-bond donors (Lipinski definition) is 0. The van der Waals surface area contributed by atoms with Gasteiger partial charge in [0.2, 0.25) is 5.91 Å². The lowest BCUT2D eigenvalue weighted by molar-refractivity contribution is -0.131. The highest BCUT2D eigenvalue weighted by Crippen LogP contribution is 2.11. The minimum atomic E-state index is 0.128. The Morgan fingerprint density at radius 3 is 2.80 bits per heavy atom. The first kappa shape index (κ1) is 14.3. The highest BCUT2D eigenvalue weighted by atomic mass is 16.2. The molecule has 2 rings (SSSR count). The van der Waals surface area contributed by atoms with Gasteiger partial charge in [-0.3, -0.25) is 9.48 Å². The maximum atomic E-state index is 12.3. The van der Waals surface area contributed by atoms with Crippen molar-refractivity contribution in [2.24, 2.45) is 0 Å². The average molecular weight is 275 g/mol. The van der Waals surface area contributed by atoms with Crippen molar-refractivity contribution in [3.63, 3.8) is 0 Å². The van der Waals surface area contributed by atoms with E-state index >= 15 is 0 Å². The fourth-order valence-corrected chi connectivity index (χ4v) is 2.13. The van der Waals surface area contributed by atoms with Crippen LogP contribution in [0, 0.1) is 0 Å². The Morgan fingerprint density at radius 1 is 1.35 bits per heavy atom. The first-order valence-corrected chi connectivity index (χ1v) is 6.93. The number of imidazole rings is 1. The molecule has 1 amide bonds. The van der Waals surface area contributed by atoms with Crippen LogP contribution in [0.4, 0.5) is 0 Å². The van der Waals surface area contributed by atoms with E-state index in [-0.39, 0.29) is 11.9 Å². The standard InChI is InChI=1S/C14H21N5O/c1-3-17(9-10-19-7-4-5-16-19)14(20)11-13(2)18-8-6-15-12-18/h4-8,12-13H,3,9-11H2,1-2H3/t13-/m0/s1. The zero-order valence-electron chi connectivity index (χ0n) is 12.0. The summed E-state index contributed by atoms with van der Waals surface area (Å²) < 4.78 is 3.80. The molecule has 108 valence electrons. The van der Waals surface area contributed by atoms with Gasteiger partial charge < -0.3 is 9.47 Å². The van der Waals surface area contributed by atoms with Crippen LogP contribution in [0.5, 0.6) is 0 Å². The molecule has 0 radical (unpaired) electrons. The largest absolute Gasteiger partial charge is 0.341 e. The molecule has 6 nitrogen and oxygen atoms in total. The number of rotatable bonds is 7. The van der Waals surface area contributed by atoms with Gasteiger partial charge in [-0.05, 0) is 19.9 Å². The van der Waals surface area contributed by atoms with E-state index < -0.39 is 0 Å². The van der Waals surface area contributed by atoms with E-state index in [0.29, 0.717) is 13.0 Å². The van der Waals surface area contributed by atoms with Gasteiger partial charge in [0.1, 0.15) is 0 Å². The maximum absolute atomic E-state index is 12.3. The number of carbonyl (C=O) groups is 1. The summed E-state index contributed by atoms with van der Waals surface area (Å²) in [5.41, 5.74) is 0. The molecule has 0 aromatic carbocycles. The quantitative estimate of drug-likeness (QED) is 0.771. The summed E-state index contributed by atoms with van der Waals surface area (Å²) in [6.07, 6.45) is 9.52. The second-order valence-corrected chi connectivity index (χ2v) is 4.81. The highest BCUT2D eigenvalue weighted by Gasteiger charge is 2.16. The Hall–Kier alpha value is -2.11. The lowest BCUT2D eigenvalue weighted by atomic mass is 10.2. The van der Waals surface area contributed by atoms with E-state index in [1.54, 1.807) is 18.7 Å². The molecule has 6 heteroatoms. The van der Waals surface area contributed by atoms with E-state index in [9.17, 15) is 4.79 Å². The SMILES string of the molecule is CCN(CCn1cccn1)C(=O)C[C@H](C)n1ccnc1. The molecule has 2 aromatic heterocycles. The fourth-order valence-electron chi connectivity index (χ4n) is 2.13. The van der Waals surface area contributed by atoms with Gasteiger partial charge in [-0.1, -0.05) is 0 Å². The summed E-state index contributed by atoms with van der Waals surface area (Å²) >= 11 is 0. The molecule has 0 unspecified atom stereocenters. The van der Waals surface area contributed by atoms with Gasteiger partial charge in [-0.2, -0.15) is 5.10 Å². The van der Waals surface area contributed by atoms with E-state index in [0.717, 1.165) is 13.1 Å². The predicted molar refractivity (Wildman–Crippen MR) is 76.0 cm³/mol. The Morgan fingerprint density at radius 2 is 2.20 bits per heavy atom. The minimum absolute atomic E-state index is 0.128. The van der Waals surface area contributed by atoms with E-state index in [2.05, 4.69) is 10.1 Å². The number of aromatic nitrogens is 4. The molecular formula is C14H21N5O. The second-order valence-electron chi connectivity index (χ2n) is 4.81. The van der Waals surface area contributed by atoms with Crippen LogP contribution in [0.15, 0.2) is 37.2 Å². The van der Waals surface area contributed by atoms with Crippen molar-refractivity contribution >= 4 is 5.91 Å². The Labute approximate surface area is 119 Å². The molecule has 0 saturated carbocycles. The number of carbonyl (C=O) groups excluding carboxylic acids is 1. The van der Waals surface area contributed by atoms with Crippen LogP contribution in [0.3, 0.4) is 0 Å². The van der Waals surface area contributed by atoms with Gasteiger partial charge >= 0.3 is 0 Å². The highest BCUT2D eigenvalue weighted by molar-refractivity contribution is 5.76. The summed E-state index contributed by atoms with van der Waals surface area (Å²) in [6.45, 7) is 6.17. The Bertz CT molecular complexity index is 506. The van der Waals surface area contributed by atoms with Crippen molar-refractivity contribution in [1.82, 2.24) is 24.2 Å². The second kappa shape index (κ2) is 6.88. The molecule has 0 saturated heterocycles. The third-order valence-corrected chi connectivity index (χ3v) is 3.40. The van der Waals surface area contributed by atoms with Crippen molar-refractivity contribution < 1.29 is 4.79 Å². The van der Waals surface area contributed by atoms with Crippen LogP contribution in [0.2, 0.25) is 0 Å². The van der Waals surface area contributed by atoms with E-state index in [4.69, 9.17) is 0 Å². The van der Waals surface area contributed by atoms with Crippen LogP contribution in [0.1, 0.15) is 26.3 Å². The average Bonchev–Trinajstić information content (AvgIpc) is 3.12. The minimum Gasteiger partial charge on any atom is -0.341 e. The lowest BCUT2D eigenvalue weighted by Gasteiger charge is -2.23. The fraction of sp³-hybridized carbons (Fsp3) is 0.500. The van der Waals surface area contributed by atoms with Crippen molar-refractivity contribution in [3.05, 3.63) is 37.2 Å². The van der Waals surface area contributed by atoms with Crippen LogP contribution in [0.25, 0.3) is 0 Å². The molecule has 2 heterocycles. The molecule has 0 aliphatic heterocycles. The molecule has 0 aliphatic carbocycles. The lowest BCUT2D eigenvalue weighted by Crippen LogP contribution is -2.34. The van der Waals surface area contributed by atoms with E-state index in [1.165, 1.54) is 0 Å². The van der Waals surface area contributed by atoms with Crippen LogP contribution >= 0.6 is 0 Å². The third-order valence-electron chi connectivity index (χ3n) is 3.40. The molecule has 2 aromatic rings. The molecule has 0 fully saturated rings. The molecule has 1 atom stereocenters. The van der Waals surface area contributed by atoms with Crippen molar-refractivity contribution in [3.8, 4) is 0 Å². The number of likely N-dealkylation sites (N-methyl/N-ethyl adjacent to an activating group) is 1. The first-order chi connectivity index (χ1) is 9.70. The monoisotopic (exact) mass is 275 g/mol. The molecule has 0 N–H and O–H groups in total. The van der Waals surface area contributed by atoms with Crippen molar-refractivity contribution in [2.75, 3.05) is 13.1 Å². The zero-order valence-corrected chi connectivity index (χ0v) is 12.0. The van der Waals surface area contributed by atoms with Crippen LogP contribution in [-0.2, 0) is 11.3 Å². The Balaban J connectivity index is 1.85. The van der Waals surface area contributed by atoms with Crippen molar-refractivity contribution in [2.45, 2.75) is 32.9 Å². The van der Waals surface area contributed by atoms with Gasteiger partial charge in [0.05, 0.1) is 12.9 Å².